The van der Waals surface area contributed by atoms with E-state index >= 15 is 0 Å². The Labute approximate surface area is 121 Å². The van der Waals surface area contributed by atoms with E-state index in [1.54, 1.807) is 6.07 Å². The van der Waals surface area contributed by atoms with Gasteiger partial charge in [-0.2, -0.15) is 0 Å². The number of hydrogen-bond acceptors (Lipinski definition) is 1. The first-order valence-electron chi connectivity index (χ1n) is 5.69. The lowest BCUT2D eigenvalue weighted by molar-refractivity contribution is 0.628. The van der Waals surface area contributed by atoms with Gasteiger partial charge in [0.25, 0.3) is 0 Å². The Kier molecular flexibility index (Phi) is 4.71. The average Bonchev–Trinajstić information content (AvgIpc) is 2.41. The summed E-state index contributed by atoms with van der Waals surface area (Å²) in [7, 11) is 0. The van der Waals surface area contributed by atoms with Gasteiger partial charge in [0, 0.05) is 6.54 Å². The number of nitrogens with one attached hydrogen (secondary N) is 2. The number of benzene rings is 2. The number of anilines is 1. The van der Waals surface area contributed by atoms with Crippen molar-refractivity contribution in [2.45, 2.75) is 6.54 Å². The minimum Gasteiger partial charge on any atom is -0.358 e. The molecule has 2 N–H and O–H groups in total. The highest BCUT2D eigenvalue weighted by molar-refractivity contribution is 7.80. The normalized spacial score (nSPS) is 10.0. The van der Waals surface area contributed by atoms with E-state index in [2.05, 4.69) is 10.6 Å². The molecule has 0 unspecified atom stereocenters. The van der Waals surface area contributed by atoms with Crippen molar-refractivity contribution in [2.24, 2.45) is 0 Å². The second kappa shape index (κ2) is 6.50. The zero-order valence-corrected chi connectivity index (χ0v) is 11.6. The van der Waals surface area contributed by atoms with E-state index in [1.807, 2.05) is 30.3 Å². The highest BCUT2D eigenvalue weighted by Gasteiger charge is 2.03. The molecule has 2 aromatic carbocycles. The molecule has 0 aromatic heterocycles. The van der Waals surface area contributed by atoms with Gasteiger partial charge in [-0.3, -0.25) is 0 Å². The zero-order chi connectivity index (χ0) is 13.7. The summed E-state index contributed by atoms with van der Waals surface area (Å²) in [6.07, 6.45) is 0. The molecule has 98 valence electrons. The van der Waals surface area contributed by atoms with Crippen LogP contribution < -0.4 is 10.6 Å². The molecule has 2 nitrogen and oxygen atoms in total. The Balaban J connectivity index is 1.91. The molecule has 0 amide bonds. The molecule has 0 bridgehead atoms. The fourth-order valence-corrected chi connectivity index (χ4v) is 1.93. The third kappa shape index (κ3) is 4.19. The molecule has 0 atom stereocenters. The number of halogens is 2. The van der Waals surface area contributed by atoms with Gasteiger partial charge in [0.2, 0.25) is 0 Å². The predicted octanol–water partition coefficient (Wildman–Crippen LogP) is 3.97. The summed E-state index contributed by atoms with van der Waals surface area (Å²) in [5.74, 6) is -0.376. The Hall–Kier alpha value is -1.65. The largest absolute Gasteiger partial charge is 0.358 e. The zero-order valence-electron chi connectivity index (χ0n) is 9.99. The molecular formula is C14H12ClFN2S. The standard InChI is InChI=1S/C14H12ClFN2S/c15-12-8-11(16)6-7-13(12)18-14(19)17-9-10-4-2-1-3-5-10/h1-8H,9H2,(H2,17,18,19). The van der Waals surface area contributed by atoms with Crippen LogP contribution in [0.3, 0.4) is 0 Å². The Morgan fingerprint density at radius 1 is 1.16 bits per heavy atom. The second-order valence-corrected chi connectivity index (χ2v) is 4.73. The van der Waals surface area contributed by atoms with Gasteiger partial charge in [0.15, 0.2) is 5.11 Å². The molecular weight excluding hydrogens is 283 g/mol. The number of rotatable bonds is 3. The number of hydrogen-bond donors (Lipinski definition) is 2. The molecule has 0 aliphatic rings. The van der Waals surface area contributed by atoms with Gasteiger partial charge >= 0.3 is 0 Å². The molecule has 0 saturated heterocycles. The first kappa shape index (κ1) is 13.8. The van der Waals surface area contributed by atoms with Gasteiger partial charge < -0.3 is 10.6 Å². The van der Waals surface area contributed by atoms with E-state index in [0.717, 1.165) is 5.56 Å². The van der Waals surface area contributed by atoms with Crippen molar-refractivity contribution >= 4 is 34.6 Å². The van der Waals surface area contributed by atoms with Crippen molar-refractivity contribution in [3.8, 4) is 0 Å². The summed E-state index contributed by atoms with van der Waals surface area (Å²) in [6.45, 7) is 0.617. The third-order valence-corrected chi connectivity index (χ3v) is 3.03. The van der Waals surface area contributed by atoms with Crippen LogP contribution in [0.15, 0.2) is 48.5 Å². The molecule has 19 heavy (non-hydrogen) atoms. The first-order valence-corrected chi connectivity index (χ1v) is 6.47. The summed E-state index contributed by atoms with van der Waals surface area (Å²) in [4.78, 5) is 0. The maximum atomic E-state index is 12.9. The average molecular weight is 295 g/mol. The van der Waals surface area contributed by atoms with Crippen LogP contribution in [0, 0.1) is 5.82 Å². The Morgan fingerprint density at radius 3 is 2.58 bits per heavy atom. The minimum absolute atomic E-state index is 0.295. The van der Waals surface area contributed by atoms with E-state index in [0.29, 0.717) is 22.4 Å². The minimum atomic E-state index is -0.376. The fraction of sp³-hybridized carbons (Fsp3) is 0.0714. The molecule has 2 rings (SSSR count). The maximum Gasteiger partial charge on any atom is 0.171 e. The van der Waals surface area contributed by atoms with E-state index in [1.165, 1.54) is 12.1 Å². The van der Waals surface area contributed by atoms with Gasteiger partial charge in [-0.25, -0.2) is 4.39 Å². The molecule has 0 spiro atoms. The summed E-state index contributed by atoms with van der Waals surface area (Å²) in [5.41, 5.74) is 1.70. The van der Waals surface area contributed by atoms with Gasteiger partial charge in [-0.15, -0.1) is 0 Å². The van der Waals surface area contributed by atoms with Crippen molar-refractivity contribution < 1.29 is 4.39 Å². The molecule has 0 heterocycles. The van der Waals surface area contributed by atoms with Gasteiger partial charge in [-0.05, 0) is 36.0 Å². The lowest BCUT2D eigenvalue weighted by atomic mass is 10.2. The quantitative estimate of drug-likeness (QED) is 0.838. The fourth-order valence-electron chi connectivity index (χ4n) is 1.54. The molecule has 0 radical (unpaired) electrons. The topological polar surface area (TPSA) is 24.1 Å². The van der Waals surface area contributed by atoms with Crippen LogP contribution in [0.4, 0.5) is 10.1 Å². The van der Waals surface area contributed by atoms with E-state index in [4.69, 9.17) is 23.8 Å². The van der Waals surface area contributed by atoms with Crippen LogP contribution in [0.5, 0.6) is 0 Å². The van der Waals surface area contributed by atoms with Crippen molar-refractivity contribution in [3.05, 3.63) is 64.9 Å². The van der Waals surface area contributed by atoms with Crippen LogP contribution in [-0.2, 0) is 6.54 Å². The van der Waals surface area contributed by atoms with Crippen LogP contribution in [0.25, 0.3) is 0 Å². The molecule has 5 heteroatoms. The lowest BCUT2D eigenvalue weighted by Gasteiger charge is -2.11. The lowest BCUT2D eigenvalue weighted by Crippen LogP contribution is -2.27. The van der Waals surface area contributed by atoms with Crippen LogP contribution in [-0.4, -0.2) is 5.11 Å². The first-order chi connectivity index (χ1) is 9.15. The monoisotopic (exact) mass is 294 g/mol. The highest BCUT2D eigenvalue weighted by atomic mass is 35.5. The number of thiocarbonyl (C=S) groups is 1. The van der Waals surface area contributed by atoms with Crippen LogP contribution >= 0.6 is 23.8 Å². The summed E-state index contributed by atoms with van der Waals surface area (Å²) < 4.78 is 12.9. The highest BCUT2D eigenvalue weighted by Crippen LogP contribution is 2.22. The van der Waals surface area contributed by atoms with Crippen molar-refractivity contribution in [1.82, 2.24) is 5.32 Å². The van der Waals surface area contributed by atoms with Crippen molar-refractivity contribution in [1.29, 1.82) is 0 Å². The molecule has 0 aliphatic heterocycles. The van der Waals surface area contributed by atoms with Crippen molar-refractivity contribution in [3.63, 3.8) is 0 Å². The van der Waals surface area contributed by atoms with E-state index < -0.39 is 0 Å². The summed E-state index contributed by atoms with van der Waals surface area (Å²) in [5, 5.41) is 6.72. The molecule has 0 saturated carbocycles. The van der Waals surface area contributed by atoms with Crippen LogP contribution in [0.2, 0.25) is 5.02 Å². The van der Waals surface area contributed by atoms with Crippen LogP contribution in [0.1, 0.15) is 5.56 Å². The summed E-state index contributed by atoms with van der Waals surface area (Å²) in [6, 6.07) is 14.0. The molecule has 0 fully saturated rings. The summed E-state index contributed by atoms with van der Waals surface area (Å²) >= 11 is 11.1. The SMILES string of the molecule is Fc1ccc(NC(=S)NCc2ccccc2)c(Cl)c1. The maximum absolute atomic E-state index is 12.9. The van der Waals surface area contributed by atoms with E-state index in [-0.39, 0.29) is 5.82 Å². The van der Waals surface area contributed by atoms with Gasteiger partial charge in [0.1, 0.15) is 5.82 Å². The van der Waals surface area contributed by atoms with Gasteiger partial charge in [0.05, 0.1) is 10.7 Å². The molecule has 0 aliphatic carbocycles. The second-order valence-electron chi connectivity index (χ2n) is 3.92. The molecule has 2 aromatic rings. The Morgan fingerprint density at radius 2 is 1.89 bits per heavy atom. The predicted molar refractivity (Wildman–Crippen MR) is 80.9 cm³/mol. The third-order valence-electron chi connectivity index (χ3n) is 2.48. The van der Waals surface area contributed by atoms with Gasteiger partial charge in [-0.1, -0.05) is 41.9 Å². The smallest absolute Gasteiger partial charge is 0.171 e. The van der Waals surface area contributed by atoms with E-state index in [9.17, 15) is 4.39 Å². The van der Waals surface area contributed by atoms with Crippen molar-refractivity contribution in [2.75, 3.05) is 5.32 Å². The Bertz CT molecular complexity index is 575.